The largest absolute Gasteiger partial charge is 0.362 e. The molecular weight excluding hydrogens is 394 g/mol. The van der Waals surface area contributed by atoms with Crippen LogP contribution in [0.2, 0.25) is 0 Å². The van der Waals surface area contributed by atoms with Gasteiger partial charge in [-0.2, -0.15) is 0 Å². The standard InChI is InChI=1S/C23H33N5O3/c1-16(2)26-12-14-27(15-13-26)22(31)17(3)28-11-10-23(9-8-20(28)29)24-19-7-5-4-6-18(19)21(30)25-23/h4-7,16-17,24H,8-15H2,1-3H3,(H,25,30). The number of carbonyl (C=O) groups excluding carboxylic acids is 3. The summed E-state index contributed by atoms with van der Waals surface area (Å²) in [4.78, 5) is 44.7. The van der Waals surface area contributed by atoms with E-state index in [1.807, 2.05) is 30.0 Å². The molecule has 2 atom stereocenters. The Morgan fingerprint density at radius 3 is 2.39 bits per heavy atom. The fraction of sp³-hybridized carbons (Fsp3) is 0.609. The summed E-state index contributed by atoms with van der Waals surface area (Å²) in [5, 5.41) is 6.55. The molecule has 0 aromatic heterocycles. The van der Waals surface area contributed by atoms with Crippen LogP contribution in [0.3, 0.4) is 0 Å². The molecule has 1 spiro atoms. The molecule has 168 valence electrons. The van der Waals surface area contributed by atoms with E-state index in [1.165, 1.54) is 0 Å². The van der Waals surface area contributed by atoms with Crippen molar-refractivity contribution in [3.63, 3.8) is 0 Å². The second-order valence-electron chi connectivity index (χ2n) is 9.17. The molecule has 1 aromatic rings. The van der Waals surface area contributed by atoms with Crippen molar-refractivity contribution in [2.45, 2.75) is 57.8 Å². The van der Waals surface area contributed by atoms with Gasteiger partial charge < -0.3 is 20.4 Å². The number of likely N-dealkylation sites (tertiary alicyclic amines) is 1. The third kappa shape index (κ3) is 4.26. The summed E-state index contributed by atoms with van der Waals surface area (Å²) < 4.78 is 0. The highest BCUT2D eigenvalue weighted by atomic mass is 16.2. The van der Waals surface area contributed by atoms with Crippen molar-refractivity contribution in [1.82, 2.24) is 20.0 Å². The number of para-hydroxylation sites is 1. The third-order valence-electron chi connectivity index (χ3n) is 6.95. The van der Waals surface area contributed by atoms with Gasteiger partial charge in [-0.25, -0.2) is 0 Å². The van der Waals surface area contributed by atoms with E-state index in [1.54, 1.807) is 11.0 Å². The number of hydrogen-bond donors (Lipinski definition) is 2. The van der Waals surface area contributed by atoms with Gasteiger partial charge >= 0.3 is 0 Å². The van der Waals surface area contributed by atoms with E-state index in [0.717, 1.165) is 18.8 Å². The Kier molecular flexibility index (Phi) is 5.92. The first-order valence-electron chi connectivity index (χ1n) is 11.3. The molecule has 2 unspecified atom stereocenters. The first kappa shape index (κ1) is 21.6. The van der Waals surface area contributed by atoms with Crippen molar-refractivity contribution in [1.29, 1.82) is 0 Å². The lowest BCUT2D eigenvalue weighted by Gasteiger charge is -2.40. The number of piperazine rings is 1. The predicted octanol–water partition coefficient (Wildman–Crippen LogP) is 1.49. The van der Waals surface area contributed by atoms with Crippen molar-refractivity contribution in [3.05, 3.63) is 29.8 Å². The molecule has 8 nitrogen and oxygen atoms in total. The zero-order valence-corrected chi connectivity index (χ0v) is 18.7. The van der Waals surface area contributed by atoms with E-state index in [0.29, 0.717) is 44.1 Å². The Morgan fingerprint density at radius 2 is 1.68 bits per heavy atom. The monoisotopic (exact) mass is 427 g/mol. The summed E-state index contributed by atoms with van der Waals surface area (Å²) in [6, 6.07) is 7.39. The number of hydrogen-bond acceptors (Lipinski definition) is 5. The van der Waals surface area contributed by atoms with Crippen molar-refractivity contribution in [2.24, 2.45) is 0 Å². The van der Waals surface area contributed by atoms with Crippen molar-refractivity contribution in [2.75, 3.05) is 38.0 Å². The molecule has 0 radical (unpaired) electrons. The molecule has 31 heavy (non-hydrogen) atoms. The lowest BCUT2D eigenvalue weighted by atomic mass is 9.95. The van der Waals surface area contributed by atoms with E-state index in [2.05, 4.69) is 29.4 Å². The van der Waals surface area contributed by atoms with Crippen LogP contribution in [0.5, 0.6) is 0 Å². The van der Waals surface area contributed by atoms with Gasteiger partial charge in [0.1, 0.15) is 11.7 Å². The van der Waals surface area contributed by atoms with Crippen LogP contribution in [0.4, 0.5) is 5.69 Å². The number of nitrogens with one attached hydrogen (secondary N) is 2. The number of anilines is 1. The summed E-state index contributed by atoms with van der Waals surface area (Å²) in [6.45, 7) is 9.71. The quantitative estimate of drug-likeness (QED) is 0.764. The predicted molar refractivity (Wildman–Crippen MR) is 119 cm³/mol. The van der Waals surface area contributed by atoms with Crippen LogP contribution in [0.1, 0.15) is 50.4 Å². The van der Waals surface area contributed by atoms with Crippen LogP contribution in [0, 0.1) is 0 Å². The lowest BCUT2D eigenvalue weighted by Crippen LogP contribution is -2.58. The molecule has 4 rings (SSSR count). The summed E-state index contributed by atoms with van der Waals surface area (Å²) >= 11 is 0. The van der Waals surface area contributed by atoms with Gasteiger partial charge in [-0.1, -0.05) is 12.1 Å². The molecule has 1 aromatic carbocycles. The molecule has 3 amide bonds. The van der Waals surface area contributed by atoms with Crippen LogP contribution in [0.25, 0.3) is 0 Å². The van der Waals surface area contributed by atoms with Crippen LogP contribution < -0.4 is 10.6 Å². The molecule has 8 heteroatoms. The first-order chi connectivity index (χ1) is 14.8. The van der Waals surface area contributed by atoms with Gasteiger partial charge in [0.05, 0.1) is 5.56 Å². The molecule has 3 aliphatic heterocycles. The SMILES string of the molecule is CC(C)N1CCN(C(=O)C(C)N2CCC3(CCC2=O)NC(=O)c2ccccc2N3)CC1. The summed E-state index contributed by atoms with van der Waals surface area (Å²) in [5.74, 6) is -0.144. The zero-order chi connectivity index (χ0) is 22.2. The Morgan fingerprint density at radius 1 is 0.968 bits per heavy atom. The van der Waals surface area contributed by atoms with Gasteiger partial charge in [-0.15, -0.1) is 0 Å². The second-order valence-corrected chi connectivity index (χ2v) is 9.17. The molecule has 0 saturated carbocycles. The summed E-state index contributed by atoms with van der Waals surface area (Å²) in [6.07, 6.45) is 1.34. The Bertz CT molecular complexity index is 865. The maximum atomic E-state index is 13.1. The third-order valence-corrected chi connectivity index (χ3v) is 6.95. The van der Waals surface area contributed by atoms with E-state index in [4.69, 9.17) is 0 Å². The highest BCUT2D eigenvalue weighted by Gasteiger charge is 2.42. The Labute approximate surface area is 183 Å². The molecule has 0 bridgehead atoms. The Hall–Kier alpha value is -2.61. The van der Waals surface area contributed by atoms with Crippen LogP contribution >= 0.6 is 0 Å². The number of fused-ring (bicyclic) bond motifs is 1. The minimum atomic E-state index is -0.665. The minimum Gasteiger partial charge on any atom is -0.362 e. The van der Waals surface area contributed by atoms with Crippen molar-refractivity contribution in [3.8, 4) is 0 Å². The maximum Gasteiger partial charge on any atom is 0.255 e. The molecule has 0 aliphatic carbocycles. The van der Waals surface area contributed by atoms with E-state index >= 15 is 0 Å². The van der Waals surface area contributed by atoms with Gasteiger partial charge in [-0.3, -0.25) is 19.3 Å². The Balaban J connectivity index is 1.43. The maximum absolute atomic E-state index is 13.1. The van der Waals surface area contributed by atoms with Crippen molar-refractivity contribution >= 4 is 23.4 Å². The topological polar surface area (TPSA) is 85.0 Å². The normalized spacial score (nSPS) is 25.7. The number of rotatable bonds is 3. The second kappa shape index (κ2) is 8.49. The molecule has 2 saturated heterocycles. The van der Waals surface area contributed by atoms with E-state index in [9.17, 15) is 14.4 Å². The van der Waals surface area contributed by atoms with Gasteiger partial charge in [0.15, 0.2) is 0 Å². The zero-order valence-electron chi connectivity index (χ0n) is 18.7. The van der Waals surface area contributed by atoms with E-state index < -0.39 is 11.7 Å². The van der Waals surface area contributed by atoms with Crippen LogP contribution in [0.15, 0.2) is 24.3 Å². The first-order valence-corrected chi connectivity index (χ1v) is 11.3. The highest BCUT2D eigenvalue weighted by molar-refractivity contribution is 6.02. The molecule has 3 aliphatic rings. The molecule has 2 fully saturated rings. The molecular formula is C23H33N5O3. The average Bonchev–Trinajstić information content (AvgIpc) is 2.92. The smallest absolute Gasteiger partial charge is 0.255 e. The van der Waals surface area contributed by atoms with Gasteiger partial charge in [0, 0.05) is 57.3 Å². The van der Waals surface area contributed by atoms with Gasteiger partial charge in [0.25, 0.3) is 5.91 Å². The van der Waals surface area contributed by atoms with E-state index in [-0.39, 0.29) is 24.1 Å². The van der Waals surface area contributed by atoms with Crippen LogP contribution in [-0.4, -0.2) is 82.9 Å². The molecule has 3 heterocycles. The van der Waals surface area contributed by atoms with Crippen molar-refractivity contribution < 1.29 is 14.4 Å². The fourth-order valence-corrected chi connectivity index (χ4v) is 4.90. The minimum absolute atomic E-state index is 0.0127. The summed E-state index contributed by atoms with van der Waals surface area (Å²) in [7, 11) is 0. The number of amides is 3. The van der Waals surface area contributed by atoms with Gasteiger partial charge in [0.2, 0.25) is 11.8 Å². The highest BCUT2D eigenvalue weighted by Crippen LogP contribution is 2.32. The summed E-state index contributed by atoms with van der Waals surface area (Å²) in [5.41, 5.74) is 0.741. The number of nitrogens with zero attached hydrogens (tertiary/aromatic N) is 3. The van der Waals surface area contributed by atoms with Gasteiger partial charge in [-0.05, 0) is 39.3 Å². The van der Waals surface area contributed by atoms with Crippen LogP contribution in [-0.2, 0) is 9.59 Å². The molecule has 2 N–H and O–H groups in total. The average molecular weight is 428 g/mol. The number of benzene rings is 1. The fourth-order valence-electron chi connectivity index (χ4n) is 4.90. The lowest BCUT2D eigenvalue weighted by molar-refractivity contribution is -0.146. The number of carbonyl (C=O) groups is 3.